The molecule has 0 heterocycles. The molecule has 4 aliphatic carbocycles. The van der Waals surface area contributed by atoms with Gasteiger partial charge >= 0.3 is 0 Å². The van der Waals surface area contributed by atoms with E-state index in [2.05, 4.69) is 34.6 Å². The fourth-order valence-electron chi connectivity index (χ4n) is 9.24. The highest BCUT2D eigenvalue weighted by Crippen LogP contribution is 2.71. The Labute approximate surface area is 199 Å². The van der Waals surface area contributed by atoms with Gasteiger partial charge in [-0.25, -0.2) is 0 Å². The van der Waals surface area contributed by atoms with Crippen LogP contribution in [0.25, 0.3) is 0 Å². The van der Waals surface area contributed by atoms with Gasteiger partial charge in [0, 0.05) is 0 Å². The van der Waals surface area contributed by atoms with Crippen LogP contribution in [-0.2, 0) is 0 Å². The summed E-state index contributed by atoms with van der Waals surface area (Å²) in [4.78, 5) is 0. The Hall–Kier alpha value is 0. The molecule has 0 radical (unpaired) electrons. The summed E-state index contributed by atoms with van der Waals surface area (Å²) in [5, 5.41) is 0. The molecule has 0 saturated heterocycles. The van der Waals surface area contributed by atoms with Gasteiger partial charge in [0.15, 0.2) is 0 Å². The standard InChI is InChI=1S/C25H44.3C2H6/c1-6-9-18(2)20-10-11-21-19-12-16-23(3)14-7-8-15-25(23,5)22(19)13-17-24(20,21)4;3*1-2/h18-22H,6-17H2,1-5H3;3*1-2H3. The number of fused-ring (bicyclic) bond motifs is 5. The van der Waals surface area contributed by atoms with Crippen molar-refractivity contribution < 1.29 is 0 Å². The van der Waals surface area contributed by atoms with Crippen LogP contribution in [0.5, 0.6) is 0 Å². The van der Waals surface area contributed by atoms with Crippen molar-refractivity contribution in [1.82, 2.24) is 0 Å². The molecule has 31 heavy (non-hydrogen) atoms. The van der Waals surface area contributed by atoms with Crippen molar-refractivity contribution in [3.8, 4) is 0 Å². The van der Waals surface area contributed by atoms with Gasteiger partial charge in [0.25, 0.3) is 0 Å². The predicted octanol–water partition coefficient (Wildman–Crippen LogP) is 10.9. The first-order valence-electron chi connectivity index (χ1n) is 14.9. The van der Waals surface area contributed by atoms with Crippen LogP contribution in [-0.4, -0.2) is 0 Å². The van der Waals surface area contributed by atoms with Crippen LogP contribution in [0.2, 0.25) is 0 Å². The maximum absolute atomic E-state index is 2.73. The van der Waals surface area contributed by atoms with E-state index in [-0.39, 0.29) is 0 Å². The second-order valence-electron chi connectivity index (χ2n) is 11.6. The first-order chi connectivity index (χ1) is 14.9. The first kappa shape index (κ1) is 29.0. The zero-order chi connectivity index (χ0) is 23.9. The van der Waals surface area contributed by atoms with Gasteiger partial charge in [0.2, 0.25) is 0 Å². The molecule has 0 spiro atoms. The maximum Gasteiger partial charge on any atom is -0.0241 e. The molecule has 0 aromatic heterocycles. The van der Waals surface area contributed by atoms with Crippen molar-refractivity contribution in [2.45, 2.75) is 153 Å². The highest BCUT2D eigenvalue weighted by molar-refractivity contribution is 5.11. The van der Waals surface area contributed by atoms with Gasteiger partial charge in [0.05, 0.1) is 0 Å². The smallest absolute Gasteiger partial charge is 0.0241 e. The summed E-state index contributed by atoms with van der Waals surface area (Å²) in [5.74, 6) is 5.14. The fraction of sp³-hybridized carbons (Fsp3) is 1.00. The Morgan fingerprint density at radius 1 is 0.710 bits per heavy atom. The molecule has 186 valence electrons. The van der Waals surface area contributed by atoms with E-state index in [1.807, 2.05) is 41.5 Å². The van der Waals surface area contributed by atoms with Crippen molar-refractivity contribution >= 4 is 0 Å². The van der Waals surface area contributed by atoms with E-state index in [0.717, 1.165) is 29.6 Å². The Morgan fingerprint density at radius 2 is 1.32 bits per heavy atom. The molecule has 4 aliphatic rings. The molecule has 0 nitrogen and oxygen atoms in total. The SMILES string of the molecule is CC.CC.CC.CCCC(C)C1CCC2C3CCC4(C)CCCCC4(C)C3CCC12C. The van der Waals surface area contributed by atoms with Crippen LogP contribution in [0.15, 0.2) is 0 Å². The van der Waals surface area contributed by atoms with E-state index in [4.69, 9.17) is 0 Å². The molecule has 4 saturated carbocycles. The lowest BCUT2D eigenvalue weighted by molar-refractivity contribution is -0.154. The molecule has 0 amide bonds. The average Bonchev–Trinajstić information content (AvgIpc) is 3.16. The van der Waals surface area contributed by atoms with Gasteiger partial charge in [0.1, 0.15) is 0 Å². The van der Waals surface area contributed by atoms with Gasteiger partial charge in [-0.2, -0.15) is 0 Å². The molecular weight excluding hydrogens is 372 g/mol. The van der Waals surface area contributed by atoms with Crippen molar-refractivity contribution in [1.29, 1.82) is 0 Å². The van der Waals surface area contributed by atoms with Crippen LogP contribution >= 0.6 is 0 Å². The molecule has 0 bridgehead atoms. The normalized spacial score (nSPS) is 43.8. The molecule has 0 aliphatic heterocycles. The summed E-state index contributed by atoms with van der Waals surface area (Å²) < 4.78 is 0. The predicted molar refractivity (Wildman–Crippen MR) is 143 cm³/mol. The monoisotopic (exact) mass is 434 g/mol. The number of rotatable bonds is 3. The van der Waals surface area contributed by atoms with E-state index in [1.165, 1.54) is 44.9 Å². The Balaban J connectivity index is 0.000000739. The zero-order valence-corrected chi connectivity index (χ0v) is 23.9. The summed E-state index contributed by atoms with van der Waals surface area (Å²) in [6.45, 7) is 25.1. The summed E-state index contributed by atoms with van der Waals surface area (Å²) in [6.07, 6.45) is 18.2. The summed E-state index contributed by atoms with van der Waals surface area (Å²) >= 11 is 0. The summed E-state index contributed by atoms with van der Waals surface area (Å²) in [5.41, 5.74) is 1.99. The van der Waals surface area contributed by atoms with Crippen LogP contribution in [0.4, 0.5) is 0 Å². The van der Waals surface area contributed by atoms with E-state index in [9.17, 15) is 0 Å². The third-order valence-corrected chi connectivity index (χ3v) is 10.8. The van der Waals surface area contributed by atoms with Gasteiger partial charge in [-0.05, 0) is 97.2 Å². The van der Waals surface area contributed by atoms with E-state index in [0.29, 0.717) is 16.2 Å². The topological polar surface area (TPSA) is 0 Å². The maximum atomic E-state index is 2.73. The third-order valence-electron chi connectivity index (χ3n) is 10.8. The van der Waals surface area contributed by atoms with Gasteiger partial charge in [-0.1, -0.05) is 102 Å². The fourth-order valence-corrected chi connectivity index (χ4v) is 9.24. The first-order valence-corrected chi connectivity index (χ1v) is 14.9. The third kappa shape index (κ3) is 5.09. The molecular formula is C31H62. The van der Waals surface area contributed by atoms with Crippen molar-refractivity contribution in [3.05, 3.63) is 0 Å². The summed E-state index contributed by atoms with van der Waals surface area (Å²) in [6, 6.07) is 0. The molecule has 0 aromatic carbocycles. The quantitative estimate of drug-likeness (QED) is 0.414. The lowest BCUT2D eigenvalue weighted by atomic mass is 9.40. The highest BCUT2D eigenvalue weighted by Gasteiger charge is 2.62. The zero-order valence-electron chi connectivity index (χ0n) is 23.9. The Morgan fingerprint density at radius 3 is 1.94 bits per heavy atom. The second kappa shape index (κ2) is 12.5. The van der Waals surface area contributed by atoms with Crippen molar-refractivity contribution in [2.24, 2.45) is 45.8 Å². The number of hydrogen-bond donors (Lipinski definition) is 0. The minimum absolute atomic E-state index is 0.655. The van der Waals surface area contributed by atoms with Crippen molar-refractivity contribution in [3.63, 3.8) is 0 Å². The minimum atomic E-state index is 0.655. The van der Waals surface area contributed by atoms with Gasteiger partial charge in [-0.15, -0.1) is 0 Å². The van der Waals surface area contributed by atoms with E-state index in [1.54, 1.807) is 32.1 Å². The Kier molecular flexibility index (Phi) is 11.7. The van der Waals surface area contributed by atoms with Crippen LogP contribution in [0.1, 0.15) is 153 Å². The average molecular weight is 435 g/mol. The molecule has 0 N–H and O–H groups in total. The van der Waals surface area contributed by atoms with Crippen LogP contribution in [0, 0.1) is 45.8 Å². The molecule has 0 aromatic rings. The minimum Gasteiger partial charge on any atom is -0.0683 e. The molecule has 0 heteroatoms. The Bertz CT molecular complexity index is 494. The molecule has 8 unspecified atom stereocenters. The summed E-state index contributed by atoms with van der Waals surface area (Å²) in [7, 11) is 0. The second-order valence-corrected chi connectivity index (χ2v) is 11.6. The van der Waals surface area contributed by atoms with E-state index < -0.39 is 0 Å². The highest BCUT2D eigenvalue weighted by atomic mass is 14.7. The van der Waals surface area contributed by atoms with Crippen LogP contribution in [0.3, 0.4) is 0 Å². The van der Waals surface area contributed by atoms with E-state index >= 15 is 0 Å². The molecule has 4 rings (SSSR count). The van der Waals surface area contributed by atoms with Crippen molar-refractivity contribution in [2.75, 3.05) is 0 Å². The molecule has 4 fully saturated rings. The number of hydrogen-bond acceptors (Lipinski definition) is 0. The largest absolute Gasteiger partial charge is 0.0683 e. The van der Waals surface area contributed by atoms with Gasteiger partial charge < -0.3 is 0 Å². The van der Waals surface area contributed by atoms with Crippen LogP contribution < -0.4 is 0 Å². The lowest BCUT2D eigenvalue weighted by Crippen LogP contribution is -2.56. The lowest BCUT2D eigenvalue weighted by Gasteiger charge is -2.65. The van der Waals surface area contributed by atoms with Gasteiger partial charge in [-0.3, -0.25) is 0 Å². The molecule has 8 atom stereocenters.